The molecular formula is C11H11NO3. The van der Waals surface area contributed by atoms with Gasteiger partial charge in [0.2, 0.25) is 0 Å². The Kier molecular flexibility index (Phi) is 3.29. The van der Waals surface area contributed by atoms with Crippen LogP contribution in [0.25, 0.3) is 4.85 Å². The van der Waals surface area contributed by atoms with Crippen LogP contribution in [0.5, 0.6) is 5.75 Å². The van der Waals surface area contributed by atoms with Crippen molar-refractivity contribution in [3.8, 4) is 5.75 Å². The molecule has 0 atom stereocenters. The van der Waals surface area contributed by atoms with E-state index in [9.17, 15) is 4.79 Å². The van der Waals surface area contributed by atoms with Gasteiger partial charge in [-0.05, 0) is 32.0 Å². The Bertz CT molecular complexity index is 418. The Labute approximate surface area is 87.9 Å². The molecule has 0 radical (unpaired) electrons. The molecule has 0 aliphatic heterocycles. The average Bonchev–Trinajstić information content (AvgIpc) is 2.16. The number of hydrogen-bond acceptors (Lipinski definition) is 2. The van der Waals surface area contributed by atoms with E-state index < -0.39 is 5.97 Å². The quantitative estimate of drug-likeness (QED) is 0.772. The van der Waals surface area contributed by atoms with Crippen molar-refractivity contribution < 1.29 is 14.6 Å². The Morgan fingerprint density at radius 2 is 2.13 bits per heavy atom. The summed E-state index contributed by atoms with van der Waals surface area (Å²) in [7, 11) is 0. The predicted molar refractivity (Wildman–Crippen MR) is 55.4 cm³/mol. The first-order valence-electron chi connectivity index (χ1n) is 4.45. The van der Waals surface area contributed by atoms with Gasteiger partial charge in [-0.2, -0.15) is 0 Å². The van der Waals surface area contributed by atoms with Gasteiger partial charge in [0.25, 0.3) is 0 Å². The summed E-state index contributed by atoms with van der Waals surface area (Å²) in [4.78, 5) is 13.9. The van der Waals surface area contributed by atoms with Crippen molar-refractivity contribution in [3.05, 3.63) is 35.2 Å². The van der Waals surface area contributed by atoms with Crippen molar-refractivity contribution in [3.63, 3.8) is 0 Å². The molecular weight excluding hydrogens is 194 g/mol. The van der Waals surface area contributed by atoms with Crippen molar-refractivity contribution in [1.29, 1.82) is 0 Å². The fourth-order valence-electron chi connectivity index (χ4n) is 1.11. The lowest BCUT2D eigenvalue weighted by Gasteiger charge is -2.10. The van der Waals surface area contributed by atoms with Gasteiger partial charge < -0.3 is 9.84 Å². The highest BCUT2D eigenvalue weighted by Crippen LogP contribution is 2.24. The van der Waals surface area contributed by atoms with Gasteiger partial charge in [-0.1, -0.05) is 0 Å². The van der Waals surface area contributed by atoms with Gasteiger partial charge in [0.1, 0.15) is 5.75 Å². The fourth-order valence-corrected chi connectivity index (χ4v) is 1.11. The summed E-state index contributed by atoms with van der Waals surface area (Å²) in [5.41, 5.74) is 0.338. The summed E-state index contributed by atoms with van der Waals surface area (Å²) in [5, 5.41) is 8.80. The lowest BCUT2D eigenvalue weighted by molar-refractivity contribution is 0.0696. The smallest absolute Gasteiger partial charge is 0.334 e. The van der Waals surface area contributed by atoms with E-state index in [1.54, 1.807) is 0 Å². The minimum atomic E-state index is -1.06. The molecule has 0 aliphatic carbocycles. The molecule has 0 bridgehead atoms. The molecule has 78 valence electrons. The number of nitrogens with zero attached hydrogens (tertiary/aromatic N) is 1. The number of benzene rings is 1. The summed E-state index contributed by atoms with van der Waals surface area (Å²) in [6, 6.07) is 4.26. The fraction of sp³-hybridized carbons (Fsp3) is 0.273. The Balaban J connectivity index is 3.13. The number of hydrogen-bond donors (Lipinski definition) is 1. The molecule has 0 saturated carbocycles. The number of ether oxygens (including phenoxy) is 1. The monoisotopic (exact) mass is 205 g/mol. The highest BCUT2D eigenvalue weighted by Gasteiger charge is 2.08. The summed E-state index contributed by atoms with van der Waals surface area (Å²) < 4.78 is 5.34. The third kappa shape index (κ3) is 2.99. The Morgan fingerprint density at radius 1 is 1.47 bits per heavy atom. The van der Waals surface area contributed by atoms with E-state index >= 15 is 0 Å². The van der Waals surface area contributed by atoms with Crippen molar-refractivity contribution in [2.45, 2.75) is 20.0 Å². The van der Waals surface area contributed by atoms with Crippen LogP contribution in [0.2, 0.25) is 0 Å². The van der Waals surface area contributed by atoms with E-state index in [-0.39, 0.29) is 17.4 Å². The second kappa shape index (κ2) is 4.47. The van der Waals surface area contributed by atoms with Crippen LogP contribution in [-0.2, 0) is 0 Å². The van der Waals surface area contributed by atoms with Crippen molar-refractivity contribution in [2.24, 2.45) is 0 Å². The number of rotatable bonds is 3. The lowest BCUT2D eigenvalue weighted by Crippen LogP contribution is -2.06. The van der Waals surface area contributed by atoms with Gasteiger partial charge in [0.15, 0.2) is 5.69 Å². The maximum atomic E-state index is 10.7. The second-order valence-corrected chi connectivity index (χ2v) is 3.30. The van der Waals surface area contributed by atoms with E-state index in [0.717, 1.165) is 0 Å². The van der Waals surface area contributed by atoms with Crippen molar-refractivity contribution in [1.82, 2.24) is 0 Å². The van der Waals surface area contributed by atoms with Crippen LogP contribution in [0.4, 0.5) is 5.69 Å². The van der Waals surface area contributed by atoms with Crippen LogP contribution in [0.15, 0.2) is 18.2 Å². The molecule has 0 unspecified atom stereocenters. The van der Waals surface area contributed by atoms with Crippen molar-refractivity contribution in [2.75, 3.05) is 0 Å². The predicted octanol–water partition coefficient (Wildman–Crippen LogP) is 2.72. The molecule has 0 saturated heterocycles. The van der Waals surface area contributed by atoms with Gasteiger partial charge >= 0.3 is 5.97 Å². The van der Waals surface area contributed by atoms with E-state index in [0.29, 0.717) is 5.75 Å². The molecule has 1 aromatic carbocycles. The molecule has 4 heteroatoms. The molecule has 0 heterocycles. The zero-order chi connectivity index (χ0) is 11.4. The third-order valence-electron chi connectivity index (χ3n) is 1.64. The minimum Gasteiger partial charge on any atom is -0.492 e. The van der Waals surface area contributed by atoms with E-state index in [2.05, 4.69) is 4.85 Å². The van der Waals surface area contributed by atoms with Crippen LogP contribution in [0.1, 0.15) is 24.2 Å². The third-order valence-corrected chi connectivity index (χ3v) is 1.64. The second-order valence-electron chi connectivity index (χ2n) is 3.30. The highest BCUT2D eigenvalue weighted by atomic mass is 16.5. The molecule has 4 nitrogen and oxygen atoms in total. The van der Waals surface area contributed by atoms with Gasteiger partial charge in [0.05, 0.1) is 18.2 Å². The normalized spacial score (nSPS) is 9.73. The average molecular weight is 205 g/mol. The minimum absolute atomic E-state index is 0.0485. The first-order valence-corrected chi connectivity index (χ1v) is 4.45. The molecule has 1 N–H and O–H groups in total. The maximum absolute atomic E-state index is 10.7. The molecule has 1 rings (SSSR count). The Morgan fingerprint density at radius 3 is 2.60 bits per heavy atom. The van der Waals surface area contributed by atoms with E-state index in [1.165, 1.54) is 18.2 Å². The molecule has 0 spiro atoms. The topological polar surface area (TPSA) is 50.9 Å². The lowest BCUT2D eigenvalue weighted by atomic mass is 10.2. The SMILES string of the molecule is [C-]#[N+]c1cc(OC(C)C)cc(C(=O)O)c1. The molecule has 0 amide bonds. The molecule has 0 fully saturated rings. The van der Waals surface area contributed by atoms with Crippen LogP contribution < -0.4 is 4.74 Å². The van der Waals surface area contributed by atoms with Crippen LogP contribution >= 0.6 is 0 Å². The van der Waals surface area contributed by atoms with E-state index in [1.807, 2.05) is 13.8 Å². The number of carboxylic acid groups (broad SMARTS) is 1. The van der Waals surface area contributed by atoms with Crippen LogP contribution in [0.3, 0.4) is 0 Å². The molecule has 15 heavy (non-hydrogen) atoms. The van der Waals surface area contributed by atoms with Crippen LogP contribution in [-0.4, -0.2) is 17.2 Å². The zero-order valence-electron chi connectivity index (χ0n) is 8.52. The molecule has 0 aromatic heterocycles. The largest absolute Gasteiger partial charge is 0.492 e. The van der Waals surface area contributed by atoms with Gasteiger partial charge in [-0.3, -0.25) is 0 Å². The van der Waals surface area contributed by atoms with E-state index in [4.69, 9.17) is 16.4 Å². The highest BCUT2D eigenvalue weighted by molar-refractivity contribution is 5.89. The summed E-state index contributed by atoms with van der Waals surface area (Å²) >= 11 is 0. The van der Waals surface area contributed by atoms with Gasteiger partial charge in [0, 0.05) is 0 Å². The van der Waals surface area contributed by atoms with Gasteiger partial charge in [-0.25, -0.2) is 9.64 Å². The van der Waals surface area contributed by atoms with Crippen LogP contribution in [0, 0.1) is 6.57 Å². The first kappa shape index (κ1) is 11.1. The summed E-state index contributed by atoms with van der Waals surface area (Å²) in [5.74, 6) is -0.648. The number of aromatic carboxylic acids is 1. The summed E-state index contributed by atoms with van der Waals surface area (Å²) in [6.07, 6.45) is -0.0485. The standard InChI is InChI=1S/C11H11NO3/c1-7(2)15-10-5-8(11(13)14)4-9(6-10)12-3/h4-7H,1-2H3,(H,13,14). The van der Waals surface area contributed by atoms with Gasteiger partial charge in [-0.15, -0.1) is 0 Å². The number of carbonyl (C=O) groups is 1. The maximum Gasteiger partial charge on any atom is 0.334 e. The first-order chi connectivity index (χ1) is 7.02. The molecule has 1 aromatic rings. The summed E-state index contributed by atoms with van der Waals surface area (Å²) in [6.45, 7) is 10.5. The zero-order valence-corrected chi connectivity index (χ0v) is 8.52. The molecule has 0 aliphatic rings. The number of carboxylic acids is 1. The Hall–Kier alpha value is -2.02. The van der Waals surface area contributed by atoms with Crippen molar-refractivity contribution >= 4 is 11.7 Å².